The standard InChI is InChI=1S/C10H14O4.C6H10O3/c1-13-9-4-2-3-5-10(9)14-7-8(12)6-11;1(5-3-8-5)7-2-6-4-9-6/h2-5,8,11-12H,6-7H2,1H3;5-6H,1-4H2. The normalized spacial score (nSPS) is 22.6. The molecular weight excluding hydrogens is 304 g/mol. The third kappa shape index (κ3) is 7.62. The zero-order valence-electron chi connectivity index (χ0n) is 13.2. The number of aliphatic hydroxyl groups is 2. The first-order chi connectivity index (χ1) is 11.2. The predicted molar refractivity (Wildman–Crippen MR) is 81.9 cm³/mol. The van der Waals surface area contributed by atoms with E-state index in [0.717, 1.165) is 26.4 Å². The first kappa shape index (κ1) is 18.0. The highest BCUT2D eigenvalue weighted by Crippen LogP contribution is 2.25. The molecule has 2 N–H and O–H groups in total. The van der Waals surface area contributed by atoms with Gasteiger partial charge in [0.15, 0.2) is 11.5 Å². The fraction of sp³-hybridized carbons (Fsp3) is 0.625. The van der Waals surface area contributed by atoms with Crippen molar-refractivity contribution in [3.05, 3.63) is 24.3 Å². The van der Waals surface area contributed by atoms with E-state index >= 15 is 0 Å². The van der Waals surface area contributed by atoms with Crippen molar-refractivity contribution in [2.45, 2.75) is 18.3 Å². The summed E-state index contributed by atoms with van der Waals surface area (Å²) in [7, 11) is 1.55. The van der Waals surface area contributed by atoms with Gasteiger partial charge in [-0.05, 0) is 12.1 Å². The molecule has 0 aliphatic carbocycles. The Morgan fingerprint density at radius 3 is 2.17 bits per heavy atom. The van der Waals surface area contributed by atoms with E-state index in [1.165, 1.54) is 0 Å². The Kier molecular flexibility index (Phi) is 7.57. The average Bonchev–Trinajstić information content (AvgIpc) is 3.48. The van der Waals surface area contributed by atoms with E-state index < -0.39 is 6.10 Å². The first-order valence-corrected chi connectivity index (χ1v) is 7.58. The van der Waals surface area contributed by atoms with Crippen LogP contribution in [0.5, 0.6) is 11.5 Å². The molecular formula is C16H24O7. The van der Waals surface area contributed by atoms with Crippen molar-refractivity contribution in [3.8, 4) is 11.5 Å². The largest absolute Gasteiger partial charge is 0.493 e. The monoisotopic (exact) mass is 328 g/mol. The predicted octanol–water partition coefficient (Wildman–Crippen LogP) is 0.228. The minimum Gasteiger partial charge on any atom is -0.493 e. The van der Waals surface area contributed by atoms with Gasteiger partial charge < -0.3 is 33.9 Å². The fourth-order valence-electron chi connectivity index (χ4n) is 1.64. The second kappa shape index (κ2) is 9.69. The van der Waals surface area contributed by atoms with Crippen LogP contribution in [0.4, 0.5) is 0 Å². The summed E-state index contributed by atoms with van der Waals surface area (Å²) >= 11 is 0. The Labute approximate surface area is 135 Å². The molecule has 2 saturated heterocycles. The Morgan fingerprint density at radius 2 is 1.70 bits per heavy atom. The molecule has 130 valence electrons. The molecule has 0 spiro atoms. The number of rotatable bonds is 9. The van der Waals surface area contributed by atoms with Crippen molar-refractivity contribution in [1.82, 2.24) is 0 Å². The molecule has 0 amide bonds. The number of para-hydroxylation sites is 2. The van der Waals surface area contributed by atoms with Crippen molar-refractivity contribution < 1.29 is 33.9 Å². The number of aliphatic hydroxyl groups excluding tert-OH is 2. The van der Waals surface area contributed by atoms with E-state index in [9.17, 15) is 0 Å². The molecule has 1 aromatic carbocycles. The zero-order chi connectivity index (χ0) is 16.5. The number of hydrogen-bond donors (Lipinski definition) is 2. The van der Waals surface area contributed by atoms with Crippen LogP contribution in [-0.2, 0) is 14.2 Å². The summed E-state index contributed by atoms with van der Waals surface area (Å²) < 4.78 is 25.4. The van der Waals surface area contributed by atoms with Crippen molar-refractivity contribution in [3.63, 3.8) is 0 Å². The molecule has 3 atom stereocenters. The molecule has 3 rings (SSSR count). The van der Waals surface area contributed by atoms with E-state index in [1.807, 2.05) is 12.1 Å². The molecule has 7 nitrogen and oxygen atoms in total. The lowest BCUT2D eigenvalue weighted by Crippen LogP contribution is -2.21. The molecule has 7 heteroatoms. The van der Waals surface area contributed by atoms with Gasteiger partial charge in [0.05, 0.1) is 40.1 Å². The van der Waals surface area contributed by atoms with E-state index in [0.29, 0.717) is 23.7 Å². The maximum Gasteiger partial charge on any atom is 0.161 e. The highest BCUT2D eigenvalue weighted by molar-refractivity contribution is 5.39. The van der Waals surface area contributed by atoms with Crippen LogP contribution in [0.2, 0.25) is 0 Å². The Morgan fingerprint density at radius 1 is 1.13 bits per heavy atom. The molecule has 1 aromatic rings. The Bertz CT molecular complexity index is 434. The third-order valence-corrected chi connectivity index (χ3v) is 3.12. The Balaban J connectivity index is 0.000000182. The van der Waals surface area contributed by atoms with Crippen molar-refractivity contribution in [2.75, 3.05) is 46.8 Å². The molecule has 0 radical (unpaired) electrons. The zero-order valence-corrected chi connectivity index (χ0v) is 13.2. The second-order valence-electron chi connectivity index (χ2n) is 5.25. The van der Waals surface area contributed by atoms with Crippen LogP contribution in [0, 0.1) is 0 Å². The third-order valence-electron chi connectivity index (χ3n) is 3.12. The number of ether oxygens (including phenoxy) is 5. The summed E-state index contributed by atoms with van der Waals surface area (Å²) in [6.45, 7) is 3.00. The van der Waals surface area contributed by atoms with Gasteiger partial charge in [-0.15, -0.1) is 0 Å². The number of benzene rings is 1. The van der Waals surface area contributed by atoms with E-state index in [2.05, 4.69) is 0 Å². The lowest BCUT2D eigenvalue weighted by molar-refractivity contribution is 0.0527. The van der Waals surface area contributed by atoms with Gasteiger partial charge in [0.25, 0.3) is 0 Å². The molecule has 2 aliphatic heterocycles. The summed E-state index contributed by atoms with van der Waals surface area (Å²) in [5.74, 6) is 1.17. The highest BCUT2D eigenvalue weighted by Gasteiger charge is 2.26. The molecule has 23 heavy (non-hydrogen) atoms. The minimum absolute atomic E-state index is 0.0525. The maximum absolute atomic E-state index is 9.07. The topological polar surface area (TPSA) is 93.2 Å². The average molecular weight is 328 g/mol. The van der Waals surface area contributed by atoms with E-state index in [4.69, 9.17) is 33.9 Å². The molecule has 0 saturated carbocycles. The summed E-state index contributed by atoms with van der Waals surface area (Å²) in [6, 6.07) is 7.14. The fourth-order valence-corrected chi connectivity index (χ4v) is 1.64. The first-order valence-electron chi connectivity index (χ1n) is 7.58. The summed E-state index contributed by atoms with van der Waals surface area (Å²) in [4.78, 5) is 0. The van der Waals surface area contributed by atoms with Crippen molar-refractivity contribution >= 4 is 0 Å². The quantitative estimate of drug-likeness (QED) is 0.627. The molecule has 0 bridgehead atoms. The Hall–Kier alpha value is -1.38. The number of methoxy groups -OCH3 is 1. The van der Waals surface area contributed by atoms with Gasteiger partial charge in [-0.1, -0.05) is 12.1 Å². The smallest absolute Gasteiger partial charge is 0.161 e. The van der Waals surface area contributed by atoms with Gasteiger partial charge in [0.1, 0.15) is 24.9 Å². The van der Waals surface area contributed by atoms with Crippen LogP contribution in [0.1, 0.15) is 0 Å². The summed E-state index contributed by atoms with van der Waals surface area (Å²) in [6.07, 6.45) is -0.0765. The molecule has 2 aliphatic rings. The number of hydrogen-bond acceptors (Lipinski definition) is 7. The second-order valence-corrected chi connectivity index (χ2v) is 5.25. The highest BCUT2D eigenvalue weighted by atomic mass is 16.6. The van der Waals surface area contributed by atoms with Crippen LogP contribution < -0.4 is 9.47 Å². The number of epoxide rings is 2. The van der Waals surface area contributed by atoms with Crippen LogP contribution in [0.25, 0.3) is 0 Å². The van der Waals surface area contributed by atoms with Crippen LogP contribution in [0.15, 0.2) is 24.3 Å². The van der Waals surface area contributed by atoms with Gasteiger partial charge in [0.2, 0.25) is 0 Å². The molecule has 0 aromatic heterocycles. The van der Waals surface area contributed by atoms with Crippen LogP contribution >= 0.6 is 0 Å². The van der Waals surface area contributed by atoms with E-state index in [-0.39, 0.29) is 13.2 Å². The molecule has 3 unspecified atom stereocenters. The van der Waals surface area contributed by atoms with Crippen LogP contribution in [0.3, 0.4) is 0 Å². The van der Waals surface area contributed by atoms with Crippen LogP contribution in [-0.4, -0.2) is 75.3 Å². The SMILES string of the molecule is C(OCC1CO1)C1CO1.COc1ccccc1OCC(O)CO. The molecule has 2 heterocycles. The minimum atomic E-state index is -0.861. The van der Waals surface area contributed by atoms with Crippen molar-refractivity contribution in [1.29, 1.82) is 0 Å². The maximum atomic E-state index is 9.07. The summed E-state index contributed by atoms with van der Waals surface area (Å²) in [5, 5.41) is 17.6. The molecule has 2 fully saturated rings. The van der Waals surface area contributed by atoms with Gasteiger partial charge in [-0.3, -0.25) is 0 Å². The van der Waals surface area contributed by atoms with E-state index in [1.54, 1.807) is 19.2 Å². The lowest BCUT2D eigenvalue weighted by Gasteiger charge is -2.12. The van der Waals surface area contributed by atoms with Gasteiger partial charge in [-0.25, -0.2) is 0 Å². The lowest BCUT2D eigenvalue weighted by atomic mass is 10.3. The van der Waals surface area contributed by atoms with Crippen molar-refractivity contribution in [2.24, 2.45) is 0 Å². The van der Waals surface area contributed by atoms with Gasteiger partial charge in [0, 0.05) is 0 Å². The summed E-state index contributed by atoms with van der Waals surface area (Å²) in [5.41, 5.74) is 0. The van der Waals surface area contributed by atoms with Gasteiger partial charge >= 0.3 is 0 Å². The van der Waals surface area contributed by atoms with Gasteiger partial charge in [-0.2, -0.15) is 0 Å².